The lowest BCUT2D eigenvalue weighted by atomic mass is 10.1. The maximum Gasteiger partial charge on any atom is 0.416 e. The molecule has 2 aromatic carbocycles. The molecule has 0 aliphatic carbocycles. The molecule has 0 unspecified atom stereocenters. The lowest BCUT2D eigenvalue weighted by molar-refractivity contribution is -0.137. The van der Waals surface area contributed by atoms with E-state index in [1.54, 1.807) is 6.07 Å². The highest BCUT2D eigenvalue weighted by Crippen LogP contribution is 2.29. The lowest BCUT2D eigenvalue weighted by Gasteiger charge is -2.34. The Morgan fingerprint density at radius 1 is 0.973 bits per heavy atom. The number of nitrogens with one attached hydrogen (secondary N) is 1. The molecule has 1 saturated heterocycles. The number of nitrogens with zero attached hydrogens (tertiary/aromatic N) is 4. The fourth-order valence-corrected chi connectivity index (χ4v) is 4.58. The Hall–Kier alpha value is -3.17. The van der Waals surface area contributed by atoms with Crippen LogP contribution in [0, 0.1) is 5.92 Å². The van der Waals surface area contributed by atoms with Crippen molar-refractivity contribution < 1.29 is 18.0 Å². The van der Waals surface area contributed by atoms with Crippen molar-refractivity contribution in [3.8, 4) is 5.69 Å². The first-order valence-corrected chi connectivity index (χ1v) is 12.7. The summed E-state index contributed by atoms with van der Waals surface area (Å²) in [6, 6.07) is 17.5. The molecule has 37 heavy (non-hydrogen) atoms. The van der Waals surface area contributed by atoms with Gasteiger partial charge in [0.2, 0.25) is 5.91 Å². The molecule has 0 bridgehead atoms. The third-order valence-corrected chi connectivity index (χ3v) is 6.41. The zero-order valence-electron chi connectivity index (χ0n) is 21.3. The van der Waals surface area contributed by atoms with E-state index in [0.717, 1.165) is 29.6 Å². The number of amides is 1. The molecule has 6 nitrogen and oxygen atoms in total. The van der Waals surface area contributed by atoms with Crippen molar-refractivity contribution in [2.75, 3.05) is 32.7 Å². The number of benzene rings is 2. The molecule has 1 aliphatic heterocycles. The van der Waals surface area contributed by atoms with E-state index in [1.165, 1.54) is 12.1 Å². The smallest absolute Gasteiger partial charge is 0.349 e. The van der Waals surface area contributed by atoms with Gasteiger partial charge in [-0.25, -0.2) is 4.68 Å². The summed E-state index contributed by atoms with van der Waals surface area (Å²) in [6.07, 6.45) is -3.45. The van der Waals surface area contributed by atoms with Crippen LogP contribution in [0.3, 0.4) is 0 Å². The Balaban J connectivity index is 1.25. The normalized spacial score (nSPS) is 15.3. The summed E-state index contributed by atoms with van der Waals surface area (Å²) < 4.78 is 40.9. The first-order valence-electron chi connectivity index (χ1n) is 12.7. The van der Waals surface area contributed by atoms with E-state index >= 15 is 0 Å². The van der Waals surface area contributed by atoms with Crippen molar-refractivity contribution in [1.82, 2.24) is 24.9 Å². The molecule has 3 aromatic rings. The van der Waals surface area contributed by atoms with Gasteiger partial charge in [-0.3, -0.25) is 14.6 Å². The molecule has 0 radical (unpaired) electrons. The Morgan fingerprint density at radius 3 is 2.35 bits per heavy atom. The zero-order valence-corrected chi connectivity index (χ0v) is 21.3. The van der Waals surface area contributed by atoms with Crippen LogP contribution >= 0.6 is 0 Å². The minimum Gasteiger partial charge on any atom is -0.349 e. The van der Waals surface area contributed by atoms with Gasteiger partial charge < -0.3 is 5.32 Å². The van der Waals surface area contributed by atoms with Crippen LogP contribution in [0.25, 0.3) is 5.69 Å². The van der Waals surface area contributed by atoms with Crippen LogP contribution in [0.2, 0.25) is 0 Å². The summed E-state index contributed by atoms with van der Waals surface area (Å²) >= 11 is 0. The van der Waals surface area contributed by atoms with Gasteiger partial charge in [0.15, 0.2) is 0 Å². The number of carbonyl (C=O) groups is 1. The number of alkyl halides is 3. The van der Waals surface area contributed by atoms with Gasteiger partial charge in [-0.15, -0.1) is 0 Å². The minimum atomic E-state index is -4.34. The molecule has 1 N–H and O–H groups in total. The topological polar surface area (TPSA) is 53.4 Å². The second-order valence-corrected chi connectivity index (χ2v) is 10.00. The second-order valence-electron chi connectivity index (χ2n) is 10.00. The third-order valence-electron chi connectivity index (χ3n) is 6.41. The fraction of sp³-hybridized carbons (Fsp3) is 0.429. The van der Waals surface area contributed by atoms with Crippen LogP contribution in [-0.4, -0.2) is 58.2 Å². The Morgan fingerprint density at radius 2 is 1.68 bits per heavy atom. The molecule has 2 heterocycles. The quantitative estimate of drug-likeness (QED) is 0.457. The summed E-state index contributed by atoms with van der Waals surface area (Å²) in [5.74, 6) is 0.417. The molecule has 1 amide bonds. The highest BCUT2D eigenvalue weighted by atomic mass is 19.4. The van der Waals surface area contributed by atoms with Gasteiger partial charge in [-0.05, 0) is 42.2 Å². The van der Waals surface area contributed by atoms with Gasteiger partial charge in [0.05, 0.1) is 30.0 Å². The maximum atomic E-state index is 13.0. The minimum absolute atomic E-state index is 0.0639. The molecule has 1 aliphatic rings. The van der Waals surface area contributed by atoms with Crippen LogP contribution in [0.4, 0.5) is 13.2 Å². The number of carbonyl (C=O) groups excluding carboxylic acids is 1. The van der Waals surface area contributed by atoms with E-state index in [4.69, 9.17) is 5.10 Å². The summed E-state index contributed by atoms with van der Waals surface area (Å²) in [7, 11) is 0. The monoisotopic (exact) mass is 513 g/mol. The van der Waals surface area contributed by atoms with Crippen molar-refractivity contribution >= 4 is 5.91 Å². The number of aromatic nitrogens is 2. The van der Waals surface area contributed by atoms with Gasteiger partial charge in [0.1, 0.15) is 0 Å². The highest BCUT2D eigenvalue weighted by molar-refractivity contribution is 5.78. The fourth-order valence-electron chi connectivity index (χ4n) is 4.58. The Bertz CT molecular complexity index is 1170. The van der Waals surface area contributed by atoms with Crippen LogP contribution < -0.4 is 5.32 Å². The second kappa shape index (κ2) is 11.9. The molecule has 0 spiro atoms. The molecule has 0 saturated carbocycles. The van der Waals surface area contributed by atoms with Crippen LogP contribution in [-0.2, 0) is 30.5 Å². The van der Waals surface area contributed by atoms with E-state index in [2.05, 4.69) is 35.0 Å². The first kappa shape index (κ1) is 26.9. The average molecular weight is 514 g/mol. The summed E-state index contributed by atoms with van der Waals surface area (Å²) in [4.78, 5) is 16.8. The van der Waals surface area contributed by atoms with Gasteiger partial charge >= 0.3 is 6.18 Å². The number of halogens is 3. The van der Waals surface area contributed by atoms with Gasteiger partial charge in [0, 0.05) is 38.4 Å². The van der Waals surface area contributed by atoms with Crippen LogP contribution in [0.15, 0.2) is 60.7 Å². The summed E-state index contributed by atoms with van der Waals surface area (Å²) in [5.41, 5.74) is 2.96. The number of hydrogen-bond acceptors (Lipinski definition) is 4. The molecule has 9 heteroatoms. The standard InChI is InChI=1S/C28H34F3N5O/c1-21(2)15-26-17-24(33-36(26)25-9-4-3-5-10-25)18-32-27(37)20-35-13-11-34(12-14-35)19-22-7-6-8-23(16-22)28(29,30)31/h3-10,16-17,21H,11-15,18-20H2,1-2H3,(H,32,37). The molecule has 1 aromatic heterocycles. The first-order chi connectivity index (χ1) is 17.7. The van der Waals surface area contributed by atoms with Crippen molar-refractivity contribution in [1.29, 1.82) is 0 Å². The van der Waals surface area contributed by atoms with Gasteiger partial charge in [-0.2, -0.15) is 18.3 Å². The van der Waals surface area contributed by atoms with E-state index in [1.807, 2.05) is 35.0 Å². The number of rotatable bonds is 9. The van der Waals surface area contributed by atoms with Crippen LogP contribution in [0.5, 0.6) is 0 Å². The van der Waals surface area contributed by atoms with Crippen molar-refractivity contribution in [3.63, 3.8) is 0 Å². The molecular formula is C28H34F3N5O. The largest absolute Gasteiger partial charge is 0.416 e. The lowest BCUT2D eigenvalue weighted by Crippen LogP contribution is -2.49. The molecule has 198 valence electrons. The Labute approximate surface area is 216 Å². The predicted molar refractivity (Wildman–Crippen MR) is 137 cm³/mol. The summed E-state index contributed by atoms with van der Waals surface area (Å²) in [5, 5.41) is 7.72. The van der Waals surface area contributed by atoms with Crippen molar-refractivity contribution in [2.24, 2.45) is 5.92 Å². The maximum absolute atomic E-state index is 13.0. The Kier molecular flexibility index (Phi) is 8.66. The zero-order chi connectivity index (χ0) is 26.4. The molecule has 4 rings (SSSR count). The molecule has 0 atom stereocenters. The highest BCUT2D eigenvalue weighted by Gasteiger charge is 2.30. The van der Waals surface area contributed by atoms with E-state index < -0.39 is 11.7 Å². The SMILES string of the molecule is CC(C)Cc1cc(CNC(=O)CN2CCN(Cc3cccc(C(F)(F)F)c3)CC2)nn1-c1ccccc1. The van der Waals surface area contributed by atoms with E-state index in [0.29, 0.717) is 50.7 Å². The third kappa shape index (κ3) is 7.66. The van der Waals surface area contributed by atoms with Gasteiger partial charge in [-0.1, -0.05) is 50.2 Å². The number of hydrogen-bond donors (Lipinski definition) is 1. The molecular weight excluding hydrogens is 479 g/mol. The van der Waals surface area contributed by atoms with Crippen LogP contribution in [0.1, 0.15) is 36.4 Å². The number of piperazine rings is 1. The van der Waals surface area contributed by atoms with E-state index in [9.17, 15) is 18.0 Å². The van der Waals surface area contributed by atoms with Crippen molar-refractivity contribution in [3.05, 3.63) is 83.2 Å². The summed E-state index contributed by atoms with van der Waals surface area (Å²) in [6.45, 7) is 8.22. The number of para-hydroxylation sites is 1. The van der Waals surface area contributed by atoms with Gasteiger partial charge in [0.25, 0.3) is 0 Å². The predicted octanol–water partition coefficient (Wildman–Crippen LogP) is 4.52. The molecule has 1 fully saturated rings. The van der Waals surface area contributed by atoms with Crippen molar-refractivity contribution in [2.45, 2.75) is 39.5 Å². The average Bonchev–Trinajstić information content (AvgIpc) is 3.26. The van der Waals surface area contributed by atoms with E-state index in [-0.39, 0.29) is 12.5 Å².